The Balaban J connectivity index is 1.67. The largest absolute Gasteiger partial charge is 0.497 e. The van der Waals surface area contributed by atoms with Crippen LogP contribution in [-0.4, -0.2) is 45.5 Å². The fourth-order valence-corrected chi connectivity index (χ4v) is 3.91. The van der Waals surface area contributed by atoms with Crippen LogP contribution in [0.1, 0.15) is 10.4 Å². The van der Waals surface area contributed by atoms with E-state index in [9.17, 15) is 4.79 Å². The van der Waals surface area contributed by atoms with Gasteiger partial charge in [0.15, 0.2) is 16.8 Å². The molecule has 0 saturated heterocycles. The number of carbonyl (C=O) groups is 1. The number of nitrogens with zero attached hydrogens (tertiary/aromatic N) is 4. The second kappa shape index (κ2) is 9.44. The molecule has 156 valence electrons. The minimum Gasteiger partial charge on any atom is -0.497 e. The lowest BCUT2D eigenvalue weighted by atomic mass is 10.1. The molecule has 0 saturated carbocycles. The highest BCUT2D eigenvalue weighted by Gasteiger charge is 2.19. The van der Waals surface area contributed by atoms with Gasteiger partial charge in [-0.1, -0.05) is 30.0 Å². The Kier molecular flexibility index (Phi) is 6.28. The fourth-order valence-electron chi connectivity index (χ4n) is 3.07. The van der Waals surface area contributed by atoms with Crippen LogP contribution >= 0.6 is 11.8 Å². The molecule has 0 bridgehead atoms. The number of pyridine rings is 1. The van der Waals surface area contributed by atoms with Crippen molar-refractivity contribution in [2.75, 3.05) is 20.0 Å². The van der Waals surface area contributed by atoms with Crippen LogP contribution in [0.5, 0.6) is 11.5 Å². The highest BCUT2D eigenvalue weighted by atomic mass is 32.2. The molecule has 0 radical (unpaired) electrons. The molecule has 2 aromatic carbocycles. The Bertz CT molecular complexity index is 1180. The molecule has 8 heteroatoms. The number of benzene rings is 2. The summed E-state index contributed by atoms with van der Waals surface area (Å²) in [6, 6.07) is 20.4. The van der Waals surface area contributed by atoms with E-state index in [-0.39, 0.29) is 11.5 Å². The van der Waals surface area contributed by atoms with Gasteiger partial charge < -0.3 is 9.47 Å². The monoisotopic (exact) mass is 432 g/mol. The smallest absolute Gasteiger partial charge is 0.196 e. The number of para-hydroxylation sites is 1. The molecule has 0 unspecified atom stereocenters. The lowest BCUT2D eigenvalue weighted by molar-refractivity contribution is 0.101. The normalized spacial score (nSPS) is 10.6. The summed E-state index contributed by atoms with van der Waals surface area (Å²) in [7, 11) is 3.18. The topological polar surface area (TPSA) is 79.1 Å². The number of methoxy groups -OCH3 is 2. The molecule has 31 heavy (non-hydrogen) atoms. The summed E-state index contributed by atoms with van der Waals surface area (Å²) in [5.74, 6) is 2.04. The predicted octanol–water partition coefficient (Wildman–Crippen LogP) is 4.32. The summed E-state index contributed by atoms with van der Waals surface area (Å²) in [5, 5.41) is 9.28. The van der Waals surface area contributed by atoms with E-state index in [0.29, 0.717) is 28.0 Å². The first-order chi connectivity index (χ1) is 15.2. The SMILES string of the molecule is COc1ccc(-n2c(SCC(=O)c3ccccc3OC)nnc2-c2ccccn2)cc1. The zero-order valence-electron chi connectivity index (χ0n) is 17.1. The first-order valence-corrected chi connectivity index (χ1v) is 10.5. The van der Waals surface area contributed by atoms with Crippen molar-refractivity contribution >= 4 is 17.5 Å². The van der Waals surface area contributed by atoms with E-state index in [1.54, 1.807) is 32.5 Å². The van der Waals surface area contributed by atoms with Crippen LogP contribution < -0.4 is 9.47 Å². The van der Waals surface area contributed by atoms with Crippen molar-refractivity contribution in [3.05, 3.63) is 78.5 Å². The molecule has 7 nitrogen and oxygen atoms in total. The third kappa shape index (κ3) is 4.44. The van der Waals surface area contributed by atoms with Crippen molar-refractivity contribution in [1.82, 2.24) is 19.7 Å². The van der Waals surface area contributed by atoms with Crippen molar-refractivity contribution in [2.45, 2.75) is 5.16 Å². The van der Waals surface area contributed by atoms with Crippen LogP contribution in [0.4, 0.5) is 0 Å². The second-order valence-electron chi connectivity index (χ2n) is 6.47. The van der Waals surface area contributed by atoms with Gasteiger partial charge in [-0.15, -0.1) is 10.2 Å². The molecule has 0 aliphatic rings. The summed E-state index contributed by atoms with van der Waals surface area (Å²) in [6.07, 6.45) is 1.71. The number of rotatable bonds is 8. The molecular weight excluding hydrogens is 412 g/mol. The van der Waals surface area contributed by atoms with Gasteiger partial charge >= 0.3 is 0 Å². The van der Waals surface area contributed by atoms with E-state index in [4.69, 9.17) is 9.47 Å². The van der Waals surface area contributed by atoms with Crippen molar-refractivity contribution in [1.29, 1.82) is 0 Å². The van der Waals surface area contributed by atoms with Gasteiger partial charge in [0, 0.05) is 6.20 Å². The highest BCUT2D eigenvalue weighted by Crippen LogP contribution is 2.29. The molecule has 4 rings (SSSR count). The van der Waals surface area contributed by atoms with Crippen molar-refractivity contribution in [2.24, 2.45) is 0 Å². The van der Waals surface area contributed by atoms with Gasteiger partial charge in [-0.25, -0.2) is 0 Å². The zero-order chi connectivity index (χ0) is 21.6. The lowest BCUT2D eigenvalue weighted by Gasteiger charge is -2.11. The number of carbonyl (C=O) groups excluding carboxylic acids is 1. The number of hydrogen-bond donors (Lipinski definition) is 0. The molecule has 4 aromatic rings. The first-order valence-electron chi connectivity index (χ1n) is 9.51. The molecule has 0 aliphatic carbocycles. The van der Waals surface area contributed by atoms with E-state index < -0.39 is 0 Å². The first kappa shape index (κ1) is 20.6. The lowest BCUT2D eigenvalue weighted by Crippen LogP contribution is -2.06. The van der Waals surface area contributed by atoms with Gasteiger partial charge in [0.1, 0.15) is 17.2 Å². The van der Waals surface area contributed by atoms with E-state index in [2.05, 4.69) is 15.2 Å². The van der Waals surface area contributed by atoms with E-state index in [1.807, 2.05) is 59.2 Å². The Morgan fingerprint density at radius 2 is 1.71 bits per heavy atom. The van der Waals surface area contributed by atoms with Crippen molar-refractivity contribution < 1.29 is 14.3 Å². The predicted molar refractivity (Wildman–Crippen MR) is 119 cm³/mol. The summed E-state index contributed by atoms with van der Waals surface area (Å²) >= 11 is 1.31. The molecule has 0 N–H and O–H groups in total. The van der Waals surface area contributed by atoms with Gasteiger partial charge in [0.05, 0.1) is 31.2 Å². The van der Waals surface area contributed by atoms with Gasteiger partial charge in [0.25, 0.3) is 0 Å². The quantitative estimate of drug-likeness (QED) is 0.303. The molecular formula is C23H20N4O3S. The Morgan fingerprint density at radius 3 is 2.42 bits per heavy atom. The molecule has 2 aromatic heterocycles. The standard InChI is InChI=1S/C23H20N4O3S/c1-29-17-12-10-16(11-13-17)27-22(19-8-5-6-14-24-19)25-26-23(27)31-15-20(28)18-7-3-4-9-21(18)30-2/h3-14H,15H2,1-2H3. The molecule has 0 atom stereocenters. The van der Waals surface area contributed by atoms with Gasteiger partial charge in [-0.2, -0.15) is 0 Å². The Morgan fingerprint density at radius 1 is 0.935 bits per heavy atom. The van der Waals surface area contributed by atoms with Crippen LogP contribution in [-0.2, 0) is 0 Å². The summed E-state index contributed by atoms with van der Waals surface area (Å²) in [4.78, 5) is 17.2. The molecule has 0 fully saturated rings. The minimum atomic E-state index is -0.0499. The molecule has 2 heterocycles. The van der Waals surface area contributed by atoms with E-state index in [0.717, 1.165) is 11.4 Å². The number of hydrogen-bond acceptors (Lipinski definition) is 7. The third-order valence-corrected chi connectivity index (χ3v) is 5.53. The highest BCUT2D eigenvalue weighted by molar-refractivity contribution is 7.99. The molecule has 0 amide bonds. The van der Waals surface area contributed by atoms with Crippen LogP contribution in [0, 0.1) is 0 Å². The van der Waals surface area contributed by atoms with Gasteiger partial charge in [-0.3, -0.25) is 14.3 Å². The maximum absolute atomic E-state index is 12.8. The van der Waals surface area contributed by atoms with Crippen LogP contribution in [0.2, 0.25) is 0 Å². The molecule has 0 aliphatic heterocycles. The number of aromatic nitrogens is 4. The number of ether oxygens (including phenoxy) is 2. The van der Waals surface area contributed by atoms with Crippen LogP contribution in [0.25, 0.3) is 17.2 Å². The Labute approximate surface area is 184 Å². The zero-order valence-corrected chi connectivity index (χ0v) is 17.9. The average Bonchev–Trinajstić information content (AvgIpc) is 3.27. The summed E-state index contributed by atoms with van der Waals surface area (Å²) in [5.41, 5.74) is 2.07. The minimum absolute atomic E-state index is 0.0499. The average molecular weight is 433 g/mol. The van der Waals surface area contributed by atoms with Crippen molar-refractivity contribution in [3.63, 3.8) is 0 Å². The maximum Gasteiger partial charge on any atom is 0.196 e. The van der Waals surface area contributed by atoms with Crippen molar-refractivity contribution in [3.8, 4) is 28.7 Å². The van der Waals surface area contributed by atoms with Gasteiger partial charge in [-0.05, 0) is 48.5 Å². The number of thioether (sulfide) groups is 1. The van der Waals surface area contributed by atoms with Crippen LogP contribution in [0.3, 0.4) is 0 Å². The fraction of sp³-hybridized carbons (Fsp3) is 0.130. The summed E-state index contributed by atoms with van der Waals surface area (Å²) < 4.78 is 12.5. The number of ketones is 1. The van der Waals surface area contributed by atoms with E-state index >= 15 is 0 Å². The summed E-state index contributed by atoms with van der Waals surface area (Å²) in [6.45, 7) is 0. The molecule has 0 spiro atoms. The second-order valence-corrected chi connectivity index (χ2v) is 7.41. The maximum atomic E-state index is 12.8. The number of Topliss-reactive ketones (excluding diaryl/α,β-unsaturated/α-hetero) is 1. The third-order valence-electron chi connectivity index (χ3n) is 4.60. The van der Waals surface area contributed by atoms with E-state index in [1.165, 1.54) is 11.8 Å². The van der Waals surface area contributed by atoms with Gasteiger partial charge in [0.2, 0.25) is 0 Å². The van der Waals surface area contributed by atoms with Crippen LogP contribution in [0.15, 0.2) is 78.1 Å². The Hall–Kier alpha value is -3.65.